The number of nitrogens with one attached hydrogen (secondary N) is 1. The zero-order chi connectivity index (χ0) is 20.0. The minimum absolute atomic E-state index is 0.0384. The van der Waals surface area contributed by atoms with Crippen LogP contribution in [0.3, 0.4) is 0 Å². The highest BCUT2D eigenvalue weighted by atomic mass is 16.6. The van der Waals surface area contributed by atoms with E-state index in [9.17, 15) is 19.7 Å². The maximum Gasteiger partial charge on any atom is 0.419 e. The van der Waals surface area contributed by atoms with Gasteiger partial charge < -0.3 is 9.73 Å². The summed E-state index contributed by atoms with van der Waals surface area (Å²) in [7, 11) is 0. The first kappa shape index (κ1) is 20.7. The molecule has 1 unspecified atom stereocenters. The lowest BCUT2D eigenvalue weighted by Crippen LogP contribution is -2.32. The van der Waals surface area contributed by atoms with Gasteiger partial charge in [0.2, 0.25) is 5.91 Å². The Kier molecular flexibility index (Phi) is 7.15. The predicted octanol–water partition coefficient (Wildman–Crippen LogP) is 3.61. The first-order valence-corrected chi connectivity index (χ1v) is 9.35. The van der Waals surface area contributed by atoms with Crippen molar-refractivity contribution >= 4 is 22.7 Å². The number of aryl methyl sites for hydroxylation is 1. The van der Waals surface area contributed by atoms with Crippen LogP contribution < -0.4 is 11.1 Å². The van der Waals surface area contributed by atoms with Crippen LogP contribution in [0.5, 0.6) is 0 Å². The van der Waals surface area contributed by atoms with Crippen LogP contribution in [0.1, 0.15) is 52.9 Å². The smallest absolute Gasteiger partial charge is 0.407 e. The third-order valence-corrected chi connectivity index (χ3v) is 4.47. The number of benzene rings is 1. The molecule has 2 rings (SSSR count). The molecule has 0 fully saturated rings. The van der Waals surface area contributed by atoms with Crippen LogP contribution in [-0.4, -0.2) is 21.4 Å². The third-order valence-electron chi connectivity index (χ3n) is 4.47. The lowest BCUT2D eigenvalue weighted by molar-refractivity contribution is -0.384. The van der Waals surface area contributed by atoms with Crippen LogP contribution in [0.2, 0.25) is 0 Å². The van der Waals surface area contributed by atoms with Gasteiger partial charge in [0.05, 0.1) is 16.5 Å². The molecule has 0 saturated carbocycles. The quantitative estimate of drug-likeness (QED) is 0.503. The Bertz CT molecular complexity index is 853. The van der Waals surface area contributed by atoms with Gasteiger partial charge in [-0.15, -0.1) is 0 Å². The van der Waals surface area contributed by atoms with Gasteiger partial charge in [-0.05, 0) is 31.7 Å². The zero-order valence-corrected chi connectivity index (χ0v) is 16.1. The number of hydrogen-bond donors (Lipinski definition) is 1. The molecule has 1 atom stereocenters. The number of oxazole rings is 1. The number of carbonyl (C=O) groups is 1. The summed E-state index contributed by atoms with van der Waals surface area (Å²) in [6.07, 6.45) is 3.97. The number of rotatable bonds is 10. The maximum atomic E-state index is 12.1. The Hall–Kier alpha value is -2.64. The first-order chi connectivity index (χ1) is 12.8. The van der Waals surface area contributed by atoms with Gasteiger partial charge in [-0.25, -0.2) is 4.79 Å². The van der Waals surface area contributed by atoms with Gasteiger partial charge >= 0.3 is 5.76 Å². The SMILES string of the molecule is CC(C)CCCC(C)NC(=O)CCCn1c(=O)oc2cc([N+](=O)[O-])ccc21. The van der Waals surface area contributed by atoms with E-state index in [1.165, 1.54) is 22.8 Å². The molecule has 27 heavy (non-hydrogen) atoms. The van der Waals surface area contributed by atoms with Crippen LogP contribution in [0, 0.1) is 16.0 Å². The van der Waals surface area contributed by atoms with Crippen LogP contribution in [-0.2, 0) is 11.3 Å². The van der Waals surface area contributed by atoms with Crippen molar-refractivity contribution in [2.45, 2.75) is 65.5 Å². The largest absolute Gasteiger partial charge is 0.419 e. The molecule has 0 spiro atoms. The molecule has 2 aromatic rings. The fourth-order valence-corrected chi connectivity index (χ4v) is 3.03. The van der Waals surface area contributed by atoms with E-state index in [0.29, 0.717) is 30.8 Å². The van der Waals surface area contributed by atoms with Gasteiger partial charge in [0.15, 0.2) is 5.58 Å². The summed E-state index contributed by atoms with van der Waals surface area (Å²) in [6.45, 7) is 6.68. The van der Waals surface area contributed by atoms with Crippen LogP contribution in [0.4, 0.5) is 5.69 Å². The minimum Gasteiger partial charge on any atom is -0.407 e. The van der Waals surface area contributed by atoms with E-state index in [4.69, 9.17) is 4.42 Å². The van der Waals surface area contributed by atoms with Crippen molar-refractivity contribution in [2.75, 3.05) is 0 Å². The number of aromatic nitrogens is 1. The number of hydrogen-bond acceptors (Lipinski definition) is 5. The van der Waals surface area contributed by atoms with Gasteiger partial charge in [-0.1, -0.05) is 26.7 Å². The summed E-state index contributed by atoms with van der Waals surface area (Å²) < 4.78 is 6.48. The number of fused-ring (bicyclic) bond motifs is 1. The van der Waals surface area contributed by atoms with Crippen molar-refractivity contribution in [1.29, 1.82) is 0 Å². The molecule has 0 bridgehead atoms. The van der Waals surface area contributed by atoms with Crippen molar-refractivity contribution < 1.29 is 14.1 Å². The Morgan fingerprint density at radius 1 is 1.26 bits per heavy atom. The molecule has 0 saturated heterocycles. The number of non-ortho nitro benzene ring substituents is 1. The van der Waals surface area contributed by atoms with Gasteiger partial charge in [0.1, 0.15) is 0 Å². The maximum absolute atomic E-state index is 12.1. The fraction of sp³-hybridized carbons (Fsp3) is 0.579. The monoisotopic (exact) mass is 377 g/mol. The summed E-state index contributed by atoms with van der Waals surface area (Å²) >= 11 is 0. The van der Waals surface area contributed by atoms with Gasteiger partial charge in [-0.3, -0.25) is 19.5 Å². The second-order valence-corrected chi connectivity index (χ2v) is 7.33. The average Bonchev–Trinajstić information content (AvgIpc) is 2.89. The van der Waals surface area contributed by atoms with E-state index in [2.05, 4.69) is 19.2 Å². The van der Waals surface area contributed by atoms with E-state index in [1.54, 1.807) is 0 Å². The van der Waals surface area contributed by atoms with Gasteiger partial charge in [0.25, 0.3) is 5.69 Å². The normalized spacial score (nSPS) is 12.4. The average molecular weight is 377 g/mol. The fourth-order valence-electron chi connectivity index (χ4n) is 3.03. The molecule has 0 aliphatic heterocycles. The van der Waals surface area contributed by atoms with E-state index < -0.39 is 10.7 Å². The van der Waals surface area contributed by atoms with Crippen molar-refractivity contribution in [2.24, 2.45) is 5.92 Å². The van der Waals surface area contributed by atoms with E-state index in [1.807, 2.05) is 6.92 Å². The number of nitro groups is 1. The molecule has 0 aliphatic rings. The Morgan fingerprint density at radius 3 is 2.67 bits per heavy atom. The highest BCUT2D eigenvalue weighted by Gasteiger charge is 2.14. The topological polar surface area (TPSA) is 107 Å². The Balaban J connectivity index is 1.86. The van der Waals surface area contributed by atoms with Gasteiger partial charge in [-0.2, -0.15) is 0 Å². The van der Waals surface area contributed by atoms with E-state index in [-0.39, 0.29) is 23.2 Å². The van der Waals surface area contributed by atoms with Crippen molar-refractivity contribution in [3.8, 4) is 0 Å². The summed E-state index contributed by atoms with van der Waals surface area (Å²) in [5.74, 6) is 0.0499. The number of carbonyl (C=O) groups excluding carboxylic acids is 1. The van der Waals surface area contributed by atoms with E-state index >= 15 is 0 Å². The molecular formula is C19H27N3O5. The molecular weight excluding hydrogens is 350 g/mol. The lowest BCUT2D eigenvalue weighted by Gasteiger charge is -2.14. The lowest BCUT2D eigenvalue weighted by atomic mass is 10.0. The van der Waals surface area contributed by atoms with Crippen LogP contribution >= 0.6 is 0 Å². The molecule has 1 aromatic carbocycles. The Labute approximate surface area is 157 Å². The molecule has 1 heterocycles. The highest BCUT2D eigenvalue weighted by molar-refractivity contribution is 5.77. The molecule has 0 radical (unpaired) electrons. The number of nitro benzene ring substituents is 1. The third kappa shape index (κ3) is 5.94. The second kappa shape index (κ2) is 9.34. The molecule has 1 N–H and O–H groups in total. The number of amides is 1. The van der Waals surface area contributed by atoms with Crippen molar-refractivity contribution in [3.05, 3.63) is 38.9 Å². The summed E-state index contributed by atoms with van der Waals surface area (Å²) in [6, 6.07) is 4.20. The second-order valence-electron chi connectivity index (χ2n) is 7.33. The van der Waals surface area contributed by atoms with E-state index in [0.717, 1.165) is 19.3 Å². The molecule has 8 nitrogen and oxygen atoms in total. The van der Waals surface area contributed by atoms with Crippen LogP contribution in [0.15, 0.2) is 27.4 Å². The first-order valence-electron chi connectivity index (χ1n) is 9.35. The Morgan fingerprint density at radius 2 is 2.00 bits per heavy atom. The van der Waals surface area contributed by atoms with Crippen molar-refractivity contribution in [1.82, 2.24) is 9.88 Å². The number of nitrogens with zero attached hydrogens (tertiary/aromatic N) is 2. The summed E-state index contributed by atoms with van der Waals surface area (Å²) in [5, 5.41) is 13.8. The highest BCUT2D eigenvalue weighted by Crippen LogP contribution is 2.20. The summed E-state index contributed by atoms with van der Waals surface area (Å²) in [4.78, 5) is 34.3. The standard InChI is InChI=1S/C19H27N3O5/c1-13(2)6-4-7-14(3)20-18(23)8-5-11-21-16-10-9-15(22(25)26)12-17(16)27-19(21)24/h9-10,12-14H,4-8,11H2,1-3H3,(H,20,23). The predicted molar refractivity (Wildman–Crippen MR) is 103 cm³/mol. The molecule has 1 amide bonds. The van der Waals surface area contributed by atoms with Gasteiger partial charge in [0, 0.05) is 25.1 Å². The molecule has 8 heteroatoms. The molecule has 148 valence electrons. The molecule has 1 aromatic heterocycles. The van der Waals surface area contributed by atoms with Crippen LogP contribution in [0.25, 0.3) is 11.1 Å². The zero-order valence-electron chi connectivity index (χ0n) is 16.1. The molecule has 0 aliphatic carbocycles. The minimum atomic E-state index is -0.576. The van der Waals surface area contributed by atoms with Crippen molar-refractivity contribution in [3.63, 3.8) is 0 Å². The summed E-state index contributed by atoms with van der Waals surface area (Å²) in [5.41, 5.74) is 0.541.